The first-order chi connectivity index (χ1) is 15.7. The Morgan fingerprint density at radius 1 is 1.00 bits per heavy atom. The highest BCUT2D eigenvalue weighted by Crippen LogP contribution is 2.34. The van der Waals surface area contributed by atoms with Gasteiger partial charge in [0.1, 0.15) is 5.75 Å². The van der Waals surface area contributed by atoms with E-state index < -0.39 is 0 Å². The number of nitrogens with one attached hydrogen (secondary N) is 1. The van der Waals surface area contributed by atoms with Crippen LogP contribution in [0, 0.1) is 5.92 Å². The highest BCUT2D eigenvalue weighted by Gasteiger charge is 2.26. The van der Waals surface area contributed by atoms with Crippen LogP contribution in [0.4, 0.5) is 5.69 Å². The molecule has 2 aromatic carbocycles. The van der Waals surface area contributed by atoms with E-state index in [0.717, 1.165) is 68.8 Å². The smallest absolute Gasteiger partial charge is 0.193 e. The number of para-hydroxylation sites is 2. The summed E-state index contributed by atoms with van der Waals surface area (Å²) in [6.45, 7) is 4.72. The molecule has 172 valence electrons. The zero-order chi connectivity index (χ0) is 22.5. The van der Waals surface area contributed by atoms with Gasteiger partial charge in [-0.1, -0.05) is 12.1 Å². The van der Waals surface area contributed by atoms with Crippen molar-refractivity contribution in [2.45, 2.75) is 19.4 Å². The molecule has 0 amide bonds. The van der Waals surface area contributed by atoms with Gasteiger partial charge >= 0.3 is 0 Å². The largest absolute Gasteiger partial charge is 0.495 e. The maximum absolute atomic E-state index is 5.55. The van der Waals surface area contributed by atoms with Crippen LogP contribution in [0.25, 0.3) is 0 Å². The van der Waals surface area contributed by atoms with Crippen molar-refractivity contribution in [3.8, 4) is 17.2 Å². The molecular weight excluding hydrogens is 404 g/mol. The number of hydrogen-bond acceptors (Lipinski definition) is 5. The van der Waals surface area contributed by atoms with Gasteiger partial charge in [-0.05, 0) is 54.2 Å². The molecular formula is C25H34N4O3. The maximum Gasteiger partial charge on any atom is 0.193 e. The predicted molar refractivity (Wildman–Crippen MR) is 128 cm³/mol. The van der Waals surface area contributed by atoms with Crippen molar-refractivity contribution in [1.29, 1.82) is 0 Å². The van der Waals surface area contributed by atoms with E-state index in [-0.39, 0.29) is 0 Å². The lowest BCUT2D eigenvalue weighted by Gasteiger charge is -2.32. The zero-order valence-electron chi connectivity index (χ0n) is 19.6. The minimum atomic E-state index is 0.568. The van der Waals surface area contributed by atoms with Crippen LogP contribution in [0.1, 0.15) is 17.5 Å². The fraction of sp³-hybridized carbons (Fsp3) is 0.480. The van der Waals surface area contributed by atoms with E-state index in [1.807, 2.05) is 19.2 Å². The van der Waals surface area contributed by atoms with Gasteiger partial charge in [-0.2, -0.15) is 0 Å². The van der Waals surface area contributed by atoms with Crippen molar-refractivity contribution in [3.05, 3.63) is 47.5 Å². The van der Waals surface area contributed by atoms with E-state index in [1.165, 1.54) is 16.8 Å². The molecule has 1 saturated heterocycles. The van der Waals surface area contributed by atoms with Crippen molar-refractivity contribution in [1.82, 2.24) is 10.2 Å². The summed E-state index contributed by atoms with van der Waals surface area (Å²) >= 11 is 0. The Labute approximate surface area is 191 Å². The first-order valence-corrected chi connectivity index (χ1v) is 11.2. The highest BCUT2D eigenvalue weighted by molar-refractivity contribution is 5.80. The summed E-state index contributed by atoms with van der Waals surface area (Å²) in [7, 11) is 6.97. The van der Waals surface area contributed by atoms with Gasteiger partial charge in [0.2, 0.25) is 0 Å². The third kappa shape index (κ3) is 4.56. The molecule has 7 heteroatoms. The molecule has 4 rings (SSSR count). The standard InChI is InChI=1S/C25H34N4O3/c1-26-25(29-12-10-19-13-23(31-3)24(32-4)14-20(19)17-29)27-15-18-9-11-28(16-18)21-7-5-6-8-22(21)30-2/h5-8,13-14,18H,9-12,15-17H2,1-4H3,(H,26,27). The fourth-order valence-electron chi connectivity index (χ4n) is 4.74. The second kappa shape index (κ2) is 10.0. The molecule has 0 saturated carbocycles. The first kappa shape index (κ1) is 22.1. The third-order valence-corrected chi connectivity index (χ3v) is 6.49. The number of methoxy groups -OCH3 is 3. The molecule has 1 atom stereocenters. The topological polar surface area (TPSA) is 58.6 Å². The summed E-state index contributed by atoms with van der Waals surface area (Å²) in [5.74, 6) is 4.04. The molecule has 0 aromatic heterocycles. The summed E-state index contributed by atoms with van der Waals surface area (Å²) < 4.78 is 16.5. The number of aliphatic imine (C=N–C) groups is 1. The van der Waals surface area contributed by atoms with Gasteiger partial charge in [0.25, 0.3) is 0 Å². The van der Waals surface area contributed by atoms with Crippen molar-refractivity contribution < 1.29 is 14.2 Å². The third-order valence-electron chi connectivity index (χ3n) is 6.49. The number of anilines is 1. The molecule has 1 fully saturated rings. The molecule has 1 N–H and O–H groups in total. The summed E-state index contributed by atoms with van der Waals surface area (Å²) in [5, 5.41) is 3.63. The van der Waals surface area contributed by atoms with E-state index in [4.69, 9.17) is 14.2 Å². The average Bonchev–Trinajstić information content (AvgIpc) is 3.32. The molecule has 32 heavy (non-hydrogen) atoms. The fourth-order valence-corrected chi connectivity index (χ4v) is 4.74. The molecule has 0 radical (unpaired) electrons. The Hall–Kier alpha value is -3.09. The Morgan fingerprint density at radius 3 is 2.44 bits per heavy atom. The van der Waals surface area contributed by atoms with Crippen LogP contribution in [0.2, 0.25) is 0 Å². The second-order valence-electron chi connectivity index (χ2n) is 8.35. The lowest BCUT2D eigenvalue weighted by Crippen LogP contribution is -2.45. The minimum Gasteiger partial charge on any atom is -0.495 e. The number of benzene rings is 2. The minimum absolute atomic E-state index is 0.568. The number of ether oxygens (including phenoxy) is 3. The number of hydrogen-bond donors (Lipinski definition) is 1. The number of guanidine groups is 1. The van der Waals surface area contributed by atoms with Crippen LogP contribution in [0.15, 0.2) is 41.4 Å². The zero-order valence-corrected chi connectivity index (χ0v) is 19.6. The van der Waals surface area contributed by atoms with E-state index >= 15 is 0 Å². The van der Waals surface area contributed by atoms with Crippen LogP contribution >= 0.6 is 0 Å². The van der Waals surface area contributed by atoms with Gasteiger partial charge in [0.15, 0.2) is 17.5 Å². The Kier molecular flexibility index (Phi) is 6.93. The molecule has 2 aliphatic heterocycles. The molecule has 1 unspecified atom stereocenters. The Bertz CT molecular complexity index is 962. The lowest BCUT2D eigenvalue weighted by molar-refractivity contribution is 0.345. The molecule has 0 spiro atoms. The summed E-state index contributed by atoms with van der Waals surface area (Å²) in [4.78, 5) is 9.31. The number of nitrogens with zero attached hydrogens (tertiary/aromatic N) is 3. The van der Waals surface area contributed by atoms with Crippen LogP contribution < -0.4 is 24.4 Å². The van der Waals surface area contributed by atoms with Crippen LogP contribution in [0.3, 0.4) is 0 Å². The molecule has 7 nitrogen and oxygen atoms in total. The van der Waals surface area contributed by atoms with Gasteiger partial charge in [-0.25, -0.2) is 0 Å². The van der Waals surface area contributed by atoms with Crippen molar-refractivity contribution in [2.24, 2.45) is 10.9 Å². The monoisotopic (exact) mass is 438 g/mol. The number of fused-ring (bicyclic) bond motifs is 1. The van der Waals surface area contributed by atoms with E-state index in [0.29, 0.717) is 5.92 Å². The number of rotatable bonds is 6. The molecule has 2 heterocycles. The van der Waals surface area contributed by atoms with Gasteiger partial charge in [0, 0.05) is 39.8 Å². The van der Waals surface area contributed by atoms with Gasteiger partial charge < -0.3 is 29.3 Å². The molecule has 2 aromatic rings. The normalized spacial score (nSPS) is 18.4. The van der Waals surface area contributed by atoms with Crippen molar-refractivity contribution in [3.63, 3.8) is 0 Å². The van der Waals surface area contributed by atoms with Gasteiger partial charge in [-0.15, -0.1) is 0 Å². The van der Waals surface area contributed by atoms with Crippen LogP contribution in [-0.2, 0) is 13.0 Å². The molecule has 2 aliphatic rings. The van der Waals surface area contributed by atoms with Gasteiger partial charge in [0.05, 0.1) is 27.0 Å². The highest BCUT2D eigenvalue weighted by atomic mass is 16.5. The lowest BCUT2D eigenvalue weighted by atomic mass is 9.99. The summed E-state index contributed by atoms with van der Waals surface area (Å²) in [5.41, 5.74) is 3.76. The van der Waals surface area contributed by atoms with E-state index in [1.54, 1.807) is 21.3 Å². The van der Waals surface area contributed by atoms with Crippen LogP contribution in [-0.4, -0.2) is 65.4 Å². The maximum atomic E-state index is 5.55. The average molecular weight is 439 g/mol. The van der Waals surface area contributed by atoms with Crippen molar-refractivity contribution in [2.75, 3.05) is 59.5 Å². The summed E-state index contributed by atoms with van der Waals surface area (Å²) in [6.07, 6.45) is 2.11. The van der Waals surface area contributed by atoms with Crippen LogP contribution in [0.5, 0.6) is 17.2 Å². The van der Waals surface area contributed by atoms with Crippen molar-refractivity contribution >= 4 is 11.6 Å². The quantitative estimate of drug-likeness (QED) is 0.552. The SMILES string of the molecule is CN=C(NCC1CCN(c2ccccc2OC)C1)N1CCc2cc(OC)c(OC)cc2C1. The first-order valence-electron chi connectivity index (χ1n) is 11.2. The summed E-state index contributed by atoms with van der Waals surface area (Å²) in [6, 6.07) is 12.5. The Balaban J connectivity index is 1.36. The second-order valence-corrected chi connectivity index (χ2v) is 8.35. The Morgan fingerprint density at radius 2 is 1.72 bits per heavy atom. The van der Waals surface area contributed by atoms with E-state index in [9.17, 15) is 0 Å². The predicted octanol–water partition coefficient (Wildman–Crippen LogP) is 3.17. The molecule has 0 aliphatic carbocycles. The molecule has 0 bridgehead atoms. The van der Waals surface area contributed by atoms with E-state index in [2.05, 4.69) is 44.4 Å². The van der Waals surface area contributed by atoms with Gasteiger partial charge in [-0.3, -0.25) is 4.99 Å².